The lowest BCUT2D eigenvalue weighted by molar-refractivity contribution is -0.137. The summed E-state index contributed by atoms with van der Waals surface area (Å²) in [6, 6.07) is 13.2. The number of benzene rings is 2. The lowest BCUT2D eigenvalue weighted by Crippen LogP contribution is -2.30. The molecule has 152 valence electrons. The van der Waals surface area contributed by atoms with Crippen molar-refractivity contribution in [2.24, 2.45) is 0 Å². The highest BCUT2D eigenvalue weighted by molar-refractivity contribution is 5.77. The first-order chi connectivity index (χ1) is 13.4. The zero-order chi connectivity index (χ0) is 20.8. The fourth-order valence-corrected chi connectivity index (χ4v) is 2.24. The van der Waals surface area contributed by atoms with Gasteiger partial charge >= 0.3 is 5.97 Å². The molecule has 7 heteroatoms. The summed E-state index contributed by atoms with van der Waals surface area (Å²) >= 11 is 0. The highest BCUT2D eigenvalue weighted by atomic mass is 19.1. The Morgan fingerprint density at radius 1 is 1.07 bits per heavy atom. The molecule has 2 aromatic rings. The Hall–Kier alpha value is -2.93. The second-order valence-electron chi connectivity index (χ2n) is 5.87. The monoisotopic (exact) mass is 391 g/mol. The summed E-state index contributed by atoms with van der Waals surface area (Å²) in [5.74, 6) is -0.847. The minimum Gasteiger partial charge on any atom is -0.484 e. The number of carboxylic acid groups (broad SMARTS) is 1. The van der Waals surface area contributed by atoms with Crippen LogP contribution in [0.4, 0.5) is 4.39 Å². The van der Waals surface area contributed by atoms with Gasteiger partial charge in [0.05, 0.1) is 0 Å². The number of ether oxygens (including phenoxy) is 1. The molecule has 0 saturated carbocycles. The highest BCUT2D eigenvalue weighted by Crippen LogP contribution is 2.13. The van der Waals surface area contributed by atoms with E-state index in [1.165, 1.54) is 12.1 Å². The lowest BCUT2D eigenvalue weighted by atomic mass is 10.1. The van der Waals surface area contributed by atoms with Gasteiger partial charge in [-0.05, 0) is 55.2 Å². The van der Waals surface area contributed by atoms with Gasteiger partial charge in [-0.3, -0.25) is 9.59 Å². The zero-order valence-corrected chi connectivity index (χ0v) is 15.9. The van der Waals surface area contributed by atoms with E-state index in [4.69, 9.17) is 14.9 Å². The average molecular weight is 391 g/mol. The molecule has 2 rings (SSSR count). The van der Waals surface area contributed by atoms with Gasteiger partial charge in [0.15, 0.2) is 6.61 Å². The van der Waals surface area contributed by atoms with Crippen LogP contribution in [-0.2, 0) is 22.4 Å². The van der Waals surface area contributed by atoms with Gasteiger partial charge in [-0.25, -0.2) is 4.39 Å². The first kappa shape index (κ1) is 23.1. The predicted molar refractivity (Wildman–Crippen MR) is 104 cm³/mol. The van der Waals surface area contributed by atoms with Crippen LogP contribution >= 0.6 is 0 Å². The summed E-state index contributed by atoms with van der Waals surface area (Å²) in [6.07, 6.45) is 1.08. The normalized spacial score (nSPS) is 9.82. The van der Waals surface area contributed by atoms with E-state index in [0.717, 1.165) is 11.1 Å². The van der Waals surface area contributed by atoms with Crippen molar-refractivity contribution in [3.8, 4) is 5.75 Å². The van der Waals surface area contributed by atoms with E-state index in [1.54, 1.807) is 43.3 Å². The number of aliphatic hydroxyl groups is 1. The van der Waals surface area contributed by atoms with E-state index in [9.17, 15) is 14.0 Å². The van der Waals surface area contributed by atoms with Gasteiger partial charge < -0.3 is 20.3 Å². The Bertz CT molecular complexity index is 734. The largest absolute Gasteiger partial charge is 0.484 e. The number of aryl methyl sites for hydroxylation is 1. The number of carboxylic acids is 1. The van der Waals surface area contributed by atoms with Crippen molar-refractivity contribution in [1.82, 2.24) is 5.32 Å². The van der Waals surface area contributed by atoms with Gasteiger partial charge in [-0.1, -0.05) is 24.3 Å². The van der Waals surface area contributed by atoms with E-state index in [2.05, 4.69) is 5.32 Å². The van der Waals surface area contributed by atoms with Crippen LogP contribution in [-0.4, -0.2) is 41.8 Å². The second-order valence-corrected chi connectivity index (χ2v) is 5.87. The molecule has 0 aliphatic rings. The number of aliphatic carboxylic acids is 1. The number of hydrogen-bond acceptors (Lipinski definition) is 4. The topological polar surface area (TPSA) is 95.9 Å². The Balaban J connectivity index is 0.00000122. The third-order valence-electron chi connectivity index (χ3n) is 3.55. The van der Waals surface area contributed by atoms with Crippen LogP contribution in [0.25, 0.3) is 0 Å². The molecule has 0 spiro atoms. The van der Waals surface area contributed by atoms with Crippen molar-refractivity contribution < 1.29 is 28.9 Å². The van der Waals surface area contributed by atoms with Crippen molar-refractivity contribution in [2.45, 2.75) is 26.2 Å². The average Bonchev–Trinajstić information content (AvgIpc) is 2.66. The summed E-state index contributed by atoms with van der Waals surface area (Å²) in [5, 5.41) is 18.9. The van der Waals surface area contributed by atoms with Crippen molar-refractivity contribution in [3.05, 3.63) is 65.5 Å². The first-order valence-corrected chi connectivity index (χ1v) is 9.00. The summed E-state index contributed by atoms with van der Waals surface area (Å²) < 4.78 is 18.4. The van der Waals surface area contributed by atoms with Gasteiger partial charge in [0, 0.05) is 19.6 Å². The Kier molecular flexibility index (Phi) is 11.0. The first-order valence-electron chi connectivity index (χ1n) is 9.00. The maximum atomic E-state index is 13.0. The van der Waals surface area contributed by atoms with Gasteiger partial charge in [-0.2, -0.15) is 0 Å². The molecule has 1 amide bonds. The summed E-state index contributed by atoms with van der Waals surface area (Å²) in [7, 11) is 0. The SMILES string of the molecule is CCO.O=C(O)CCc1ccc(OCC(=O)NCCc2cccc(F)c2)cc1. The Morgan fingerprint density at radius 2 is 1.75 bits per heavy atom. The number of hydrogen-bond donors (Lipinski definition) is 3. The minimum absolute atomic E-state index is 0.0773. The van der Waals surface area contributed by atoms with Crippen molar-refractivity contribution >= 4 is 11.9 Å². The molecular weight excluding hydrogens is 365 g/mol. The molecule has 0 aliphatic heterocycles. The summed E-state index contributed by atoms with van der Waals surface area (Å²) in [4.78, 5) is 22.3. The molecule has 0 atom stereocenters. The maximum Gasteiger partial charge on any atom is 0.303 e. The quantitative estimate of drug-likeness (QED) is 0.611. The van der Waals surface area contributed by atoms with E-state index >= 15 is 0 Å². The lowest BCUT2D eigenvalue weighted by Gasteiger charge is -2.08. The highest BCUT2D eigenvalue weighted by Gasteiger charge is 2.04. The standard InChI is InChI=1S/C19H20FNO4.C2H6O/c20-16-3-1-2-15(12-16)10-11-21-18(22)13-25-17-7-4-14(5-8-17)6-9-19(23)24;1-2-3/h1-5,7-8,12H,6,9-11,13H2,(H,21,22)(H,23,24);3H,2H2,1H3. The fourth-order valence-electron chi connectivity index (χ4n) is 2.24. The van der Waals surface area contributed by atoms with Crippen LogP contribution in [0.1, 0.15) is 24.5 Å². The number of amides is 1. The van der Waals surface area contributed by atoms with E-state index in [1.807, 2.05) is 0 Å². The van der Waals surface area contributed by atoms with E-state index in [-0.39, 0.29) is 31.4 Å². The van der Waals surface area contributed by atoms with Crippen molar-refractivity contribution in [2.75, 3.05) is 19.8 Å². The molecule has 0 saturated heterocycles. The molecular formula is C21H26FNO5. The number of aliphatic hydroxyl groups excluding tert-OH is 1. The maximum absolute atomic E-state index is 13.0. The van der Waals surface area contributed by atoms with Gasteiger partial charge in [0.2, 0.25) is 0 Å². The van der Waals surface area contributed by atoms with Gasteiger partial charge in [0.25, 0.3) is 5.91 Å². The third kappa shape index (κ3) is 10.3. The number of rotatable bonds is 9. The molecule has 28 heavy (non-hydrogen) atoms. The third-order valence-corrected chi connectivity index (χ3v) is 3.55. The van der Waals surface area contributed by atoms with Gasteiger partial charge in [0.1, 0.15) is 11.6 Å². The van der Waals surface area contributed by atoms with Crippen LogP contribution < -0.4 is 10.1 Å². The molecule has 2 aromatic carbocycles. The fraction of sp³-hybridized carbons (Fsp3) is 0.333. The molecule has 6 nitrogen and oxygen atoms in total. The van der Waals surface area contributed by atoms with Crippen LogP contribution in [0.3, 0.4) is 0 Å². The Morgan fingerprint density at radius 3 is 2.36 bits per heavy atom. The molecule has 0 aliphatic carbocycles. The van der Waals surface area contributed by atoms with Crippen molar-refractivity contribution in [1.29, 1.82) is 0 Å². The van der Waals surface area contributed by atoms with Crippen LogP contribution in [0.15, 0.2) is 48.5 Å². The summed E-state index contributed by atoms with van der Waals surface area (Å²) in [6.45, 7) is 2.22. The van der Waals surface area contributed by atoms with Crippen LogP contribution in [0.5, 0.6) is 5.75 Å². The second kappa shape index (κ2) is 13.3. The van der Waals surface area contributed by atoms with Crippen LogP contribution in [0, 0.1) is 5.82 Å². The van der Waals surface area contributed by atoms with Gasteiger partial charge in [-0.15, -0.1) is 0 Å². The number of halogens is 1. The molecule has 0 bridgehead atoms. The molecule has 0 heterocycles. The molecule has 0 unspecified atom stereocenters. The van der Waals surface area contributed by atoms with E-state index in [0.29, 0.717) is 25.1 Å². The number of nitrogens with one attached hydrogen (secondary N) is 1. The summed E-state index contributed by atoms with van der Waals surface area (Å²) in [5.41, 5.74) is 1.72. The predicted octanol–water partition coefficient (Wildman–Crippen LogP) is 2.58. The molecule has 3 N–H and O–H groups in total. The van der Waals surface area contributed by atoms with Crippen molar-refractivity contribution in [3.63, 3.8) is 0 Å². The number of carbonyl (C=O) groups excluding carboxylic acids is 1. The number of carbonyl (C=O) groups is 2. The van der Waals surface area contributed by atoms with Crippen LogP contribution in [0.2, 0.25) is 0 Å². The Labute approximate surface area is 164 Å². The zero-order valence-electron chi connectivity index (χ0n) is 15.9. The smallest absolute Gasteiger partial charge is 0.303 e. The molecule has 0 fully saturated rings. The minimum atomic E-state index is -0.838. The molecule has 0 radical (unpaired) electrons. The molecule has 0 aromatic heterocycles. The van der Waals surface area contributed by atoms with E-state index < -0.39 is 5.97 Å².